The smallest absolute Gasteiger partial charge is 0.265 e. The first-order valence-electron chi connectivity index (χ1n) is 8.67. The number of nitrogens with one attached hydrogen (secondary N) is 1. The van der Waals surface area contributed by atoms with Gasteiger partial charge in [0.1, 0.15) is 4.90 Å². The van der Waals surface area contributed by atoms with E-state index in [1.54, 1.807) is 48.3 Å². The van der Waals surface area contributed by atoms with E-state index < -0.39 is 10.0 Å². The largest absolute Gasteiger partial charge is 0.276 e. The number of nitrogens with zero attached hydrogens (tertiary/aromatic N) is 4. The van der Waals surface area contributed by atoms with Gasteiger partial charge in [-0.15, -0.1) is 0 Å². The summed E-state index contributed by atoms with van der Waals surface area (Å²) in [6.45, 7) is 8.03. The van der Waals surface area contributed by atoms with Gasteiger partial charge in [0.25, 0.3) is 10.0 Å². The minimum absolute atomic E-state index is 0.148. The van der Waals surface area contributed by atoms with Gasteiger partial charge in [0, 0.05) is 28.4 Å². The molecule has 0 bridgehead atoms. The lowest BCUT2D eigenvalue weighted by Crippen LogP contribution is -2.15. The SMILES string of the molecule is CCn1cc(S(=O)(=O)Nc2c(C)nn(Cc3c(Cl)cccc3Cl)c2C)c(C)n1. The zero-order valence-electron chi connectivity index (χ0n) is 16.0. The molecule has 0 saturated heterocycles. The lowest BCUT2D eigenvalue weighted by Gasteiger charge is -2.10. The van der Waals surface area contributed by atoms with Crippen LogP contribution >= 0.6 is 23.2 Å². The molecule has 28 heavy (non-hydrogen) atoms. The second-order valence-corrected chi connectivity index (χ2v) is 8.91. The van der Waals surface area contributed by atoms with Gasteiger partial charge in [0.15, 0.2) is 0 Å². The third kappa shape index (κ3) is 3.90. The summed E-state index contributed by atoms with van der Waals surface area (Å²) in [4.78, 5) is 0.148. The molecule has 150 valence electrons. The van der Waals surface area contributed by atoms with E-state index in [0.717, 1.165) is 5.56 Å². The molecular weight excluding hydrogens is 421 g/mol. The number of halogens is 2. The second kappa shape index (κ2) is 7.77. The topological polar surface area (TPSA) is 81.8 Å². The summed E-state index contributed by atoms with van der Waals surface area (Å²) >= 11 is 12.5. The molecule has 3 aromatic rings. The van der Waals surface area contributed by atoms with E-state index in [2.05, 4.69) is 14.9 Å². The van der Waals surface area contributed by atoms with Gasteiger partial charge in [-0.3, -0.25) is 14.1 Å². The third-order valence-electron chi connectivity index (χ3n) is 4.50. The van der Waals surface area contributed by atoms with Crippen molar-refractivity contribution in [3.63, 3.8) is 0 Å². The molecule has 1 N–H and O–H groups in total. The van der Waals surface area contributed by atoms with Crippen LogP contribution in [0.3, 0.4) is 0 Å². The first kappa shape index (κ1) is 20.7. The van der Waals surface area contributed by atoms with Crippen LogP contribution < -0.4 is 4.72 Å². The van der Waals surface area contributed by atoms with Crippen molar-refractivity contribution in [2.45, 2.75) is 45.7 Å². The highest BCUT2D eigenvalue weighted by Crippen LogP contribution is 2.29. The Morgan fingerprint density at radius 1 is 1.07 bits per heavy atom. The molecule has 0 aliphatic carbocycles. The minimum atomic E-state index is -3.79. The number of hydrogen-bond acceptors (Lipinski definition) is 4. The summed E-state index contributed by atoms with van der Waals surface area (Å²) < 4.78 is 31.7. The highest BCUT2D eigenvalue weighted by molar-refractivity contribution is 7.92. The number of benzene rings is 1. The number of anilines is 1. The van der Waals surface area contributed by atoms with E-state index in [4.69, 9.17) is 23.2 Å². The maximum Gasteiger partial charge on any atom is 0.265 e. The molecule has 1 aromatic carbocycles. The van der Waals surface area contributed by atoms with E-state index in [0.29, 0.717) is 45.9 Å². The molecule has 0 unspecified atom stereocenters. The zero-order valence-corrected chi connectivity index (χ0v) is 18.3. The molecule has 0 radical (unpaired) electrons. The summed E-state index contributed by atoms with van der Waals surface area (Å²) in [5.74, 6) is 0. The van der Waals surface area contributed by atoms with Crippen molar-refractivity contribution in [2.24, 2.45) is 0 Å². The third-order valence-corrected chi connectivity index (χ3v) is 6.66. The van der Waals surface area contributed by atoms with Crippen molar-refractivity contribution in [1.82, 2.24) is 19.6 Å². The van der Waals surface area contributed by atoms with Crippen LogP contribution in [0.15, 0.2) is 29.3 Å². The molecule has 0 fully saturated rings. The predicted molar refractivity (Wildman–Crippen MR) is 111 cm³/mol. The van der Waals surface area contributed by atoms with Crippen LogP contribution in [-0.4, -0.2) is 28.0 Å². The van der Waals surface area contributed by atoms with Crippen molar-refractivity contribution in [1.29, 1.82) is 0 Å². The fourth-order valence-electron chi connectivity index (χ4n) is 2.95. The normalized spacial score (nSPS) is 11.8. The van der Waals surface area contributed by atoms with Crippen LogP contribution in [0.2, 0.25) is 10.0 Å². The lowest BCUT2D eigenvalue weighted by molar-refractivity contribution is 0.600. The lowest BCUT2D eigenvalue weighted by atomic mass is 10.2. The van der Waals surface area contributed by atoms with Gasteiger partial charge in [-0.1, -0.05) is 29.3 Å². The Bertz CT molecular complexity index is 1120. The fourth-order valence-corrected chi connectivity index (χ4v) is 4.83. The molecule has 0 atom stereocenters. The average Bonchev–Trinajstić information content (AvgIpc) is 3.13. The van der Waals surface area contributed by atoms with Crippen LogP contribution in [0.5, 0.6) is 0 Å². The number of aromatic nitrogens is 4. The molecular formula is C18H21Cl2N5O2S. The van der Waals surface area contributed by atoms with Crippen LogP contribution in [0.25, 0.3) is 0 Å². The summed E-state index contributed by atoms with van der Waals surface area (Å²) in [6, 6.07) is 5.28. The first-order valence-corrected chi connectivity index (χ1v) is 10.9. The Hall–Kier alpha value is -2.03. The van der Waals surface area contributed by atoms with Gasteiger partial charge >= 0.3 is 0 Å². The highest BCUT2D eigenvalue weighted by Gasteiger charge is 2.24. The molecule has 10 heteroatoms. The molecule has 7 nitrogen and oxygen atoms in total. The zero-order chi connectivity index (χ0) is 20.6. The number of hydrogen-bond donors (Lipinski definition) is 1. The summed E-state index contributed by atoms with van der Waals surface area (Å²) in [7, 11) is -3.79. The van der Waals surface area contributed by atoms with Crippen molar-refractivity contribution in [3.05, 3.63) is 57.1 Å². The van der Waals surface area contributed by atoms with E-state index in [1.807, 2.05) is 6.92 Å². The van der Waals surface area contributed by atoms with E-state index >= 15 is 0 Å². The van der Waals surface area contributed by atoms with Crippen LogP contribution in [0.4, 0.5) is 5.69 Å². The molecule has 3 rings (SSSR count). The maximum atomic E-state index is 12.9. The van der Waals surface area contributed by atoms with Crippen molar-refractivity contribution in [3.8, 4) is 0 Å². The molecule has 0 aliphatic heterocycles. The molecule has 0 aliphatic rings. The monoisotopic (exact) mass is 441 g/mol. The fraction of sp³-hybridized carbons (Fsp3) is 0.333. The van der Waals surface area contributed by atoms with Crippen molar-refractivity contribution < 1.29 is 8.42 Å². The Kier molecular flexibility index (Phi) is 5.74. The first-order chi connectivity index (χ1) is 13.1. The second-order valence-electron chi connectivity index (χ2n) is 6.44. The summed E-state index contributed by atoms with van der Waals surface area (Å²) in [5.41, 5.74) is 2.83. The van der Waals surface area contributed by atoms with Gasteiger partial charge in [0.2, 0.25) is 0 Å². The van der Waals surface area contributed by atoms with Crippen LogP contribution in [0.1, 0.15) is 29.6 Å². The number of sulfonamides is 1. The van der Waals surface area contributed by atoms with Crippen molar-refractivity contribution in [2.75, 3.05) is 4.72 Å². The van der Waals surface area contributed by atoms with Gasteiger partial charge in [0.05, 0.1) is 29.3 Å². The molecule has 2 heterocycles. The predicted octanol–water partition coefficient (Wildman–Crippen LogP) is 4.18. The van der Waals surface area contributed by atoms with Gasteiger partial charge < -0.3 is 0 Å². The van der Waals surface area contributed by atoms with Gasteiger partial charge in [-0.2, -0.15) is 10.2 Å². The van der Waals surface area contributed by atoms with E-state index in [-0.39, 0.29) is 4.90 Å². The maximum absolute atomic E-state index is 12.9. The molecule has 2 aromatic heterocycles. The summed E-state index contributed by atoms with van der Waals surface area (Å²) in [5, 5.41) is 9.74. The Balaban J connectivity index is 1.95. The van der Waals surface area contributed by atoms with Gasteiger partial charge in [-0.25, -0.2) is 8.42 Å². The van der Waals surface area contributed by atoms with E-state index in [1.165, 1.54) is 6.20 Å². The number of rotatable bonds is 6. The molecule has 0 saturated carbocycles. The number of aryl methyl sites for hydroxylation is 3. The highest BCUT2D eigenvalue weighted by atomic mass is 35.5. The molecule has 0 spiro atoms. The van der Waals surface area contributed by atoms with Gasteiger partial charge in [-0.05, 0) is 39.8 Å². The van der Waals surface area contributed by atoms with Crippen molar-refractivity contribution >= 4 is 38.9 Å². The quantitative estimate of drug-likeness (QED) is 0.621. The average molecular weight is 442 g/mol. The van der Waals surface area contributed by atoms with Crippen LogP contribution in [-0.2, 0) is 23.1 Å². The minimum Gasteiger partial charge on any atom is -0.276 e. The Labute approximate surface area is 174 Å². The Morgan fingerprint density at radius 2 is 1.71 bits per heavy atom. The van der Waals surface area contributed by atoms with E-state index in [9.17, 15) is 8.42 Å². The summed E-state index contributed by atoms with van der Waals surface area (Å²) in [6.07, 6.45) is 1.52. The standard InChI is InChI=1S/C18H21Cl2N5O2S/c1-5-24-10-17(11(2)21-24)28(26,27)23-18-12(3)22-25(13(18)4)9-14-15(19)7-6-8-16(14)20/h6-8,10,23H,5,9H2,1-4H3. The Morgan fingerprint density at radius 3 is 2.29 bits per heavy atom. The van der Waals surface area contributed by atoms with Crippen LogP contribution in [0, 0.1) is 20.8 Å². The molecule has 0 amide bonds.